The third kappa shape index (κ3) is 4.70. The highest BCUT2D eigenvalue weighted by atomic mass is 35.5. The van der Waals surface area contributed by atoms with Crippen LogP contribution in [0.15, 0.2) is 84.3 Å². The zero-order valence-corrected chi connectivity index (χ0v) is 19.6. The molecule has 33 heavy (non-hydrogen) atoms. The lowest BCUT2D eigenvalue weighted by molar-refractivity contribution is -0.0254. The predicted octanol–water partition coefficient (Wildman–Crippen LogP) is 5.90. The Kier molecular flexibility index (Phi) is 6.24. The number of halogens is 1. The summed E-state index contributed by atoms with van der Waals surface area (Å²) >= 11 is 6.01. The molecule has 170 valence electrons. The van der Waals surface area contributed by atoms with Gasteiger partial charge in [-0.1, -0.05) is 48.9 Å². The Morgan fingerprint density at radius 1 is 1.21 bits per heavy atom. The summed E-state index contributed by atoms with van der Waals surface area (Å²) in [4.78, 5) is 6.92. The van der Waals surface area contributed by atoms with Crippen molar-refractivity contribution in [3.05, 3.63) is 100 Å². The largest absolute Gasteiger partial charge is 0.438 e. The fraction of sp³-hybridized carbons (Fsp3) is 0.321. The van der Waals surface area contributed by atoms with E-state index in [1.165, 1.54) is 5.57 Å². The molecule has 5 heteroatoms. The highest BCUT2D eigenvalue weighted by Crippen LogP contribution is 2.38. The monoisotopic (exact) mass is 460 g/mol. The molecule has 2 aromatic rings. The molecular weight excluding hydrogens is 432 g/mol. The highest BCUT2D eigenvalue weighted by molar-refractivity contribution is 6.30. The van der Waals surface area contributed by atoms with Crippen LogP contribution in [0.5, 0.6) is 5.88 Å². The summed E-state index contributed by atoms with van der Waals surface area (Å²) in [5.74, 6) is 1.84. The molecule has 3 heterocycles. The van der Waals surface area contributed by atoms with Gasteiger partial charge in [0.2, 0.25) is 5.88 Å². The number of hydrogen-bond acceptors (Lipinski definition) is 4. The number of rotatable bonds is 4. The van der Waals surface area contributed by atoms with Crippen molar-refractivity contribution in [1.82, 2.24) is 9.88 Å². The molecule has 2 aliphatic heterocycles. The van der Waals surface area contributed by atoms with Crippen molar-refractivity contribution in [2.24, 2.45) is 5.92 Å². The Labute approximate surface area is 200 Å². The average Bonchev–Trinajstić information content (AvgIpc) is 2.98. The Hall–Kier alpha value is -2.66. The van der Waals surface area contributed by atoms with Gasteiger partial charge in [-0.15, -0.1) is 0 Å². The van der Waals surface area contributed by atoms with Crippen LogP contribution in [0.3, 0.4) is 0 Å². The van der Waals surface area contributed by atoms with Gasteiger partial charge >= 0.3 is 0 Å². The van der Waals surface area contributed by atoms with Crippen LogP contribution in [0.25, 0.3) is 5.57 Å². The van der Waals surface area contributed by atoms with Gasteiger partial charge in [-0.2, -0.15) is 0 Å². The van der Waals surface area contributed by atoms with Crippen LogP contribution in [0.2, 0.25) is 5.02 Å². The van der Waals surface area contributed by atoms with Crippen molar-refractivity contribution in [1.29, 1.82) is 0 Å². The Balaban J connectivity index is 1.28. The smallest absolute Gasteiger partial charge is 0.227 e. The number of fused-ring (bicyclic) bond motifs is 2. The van der Waals surface area contributed by atoms with E-state index >= 15 is 0 Å². The lowest BCUT2D eigenvalue weighted by Crippen LogP contribution is -2.42. The first-order valence-corrected chi connectivity index (χ1v) is 12.0. The number of aliphatic hydroxyl groups is 1. The molecule has 1 atom stereocenters. The van der Waals surface area contributed by atoms with E-state index in [2.05, 4.69) is 47.2 Å². The van der Waals surface area contributed by atoms with Crippen molar-refractivity contribution in [2.45, 2.75) is 31.8 Å². The zero-order valence-electron chi connectivity index (χ0n) is 18.9. The van der Waals surface area contributed by atoms with Crippen LogP contribution < -0.4 is 4.74 Å². The fourth-order valence-electron chi connectivity index (χ4n) is 4.84. The quantitative estimate of drug-likeness (QED) is 0.616. The molecule has 1 aliphatic carbocycles. The molecule has 0 spiro atoms. The van der Waals surface area contributed by atoms with Gasteiger partial charge in [0, 0.05) is 47.9 Å². The number of piperidine rings is 1. The molecule has 5 rings (SSSR count). The summed E-state index contributed by atoms with van der Waals surface area (Å²) in [7, 11) is 0. The summed E-state index contributed by atoms with van der Waals surface area (Å²) in [5, 5.41) is 11.8. The minimum Gasteiger partial charge on any atom is -0.438 e. The first-order valence-electron chi connectivity index (χ1n) is 11.7. The van der Waals surface area contributed by atoms with Gasteiger partial charge < -0.3 is 14.7 Å². The minimum absolute atomic E-state index is 0.301. The maximum absolute atomic E-state index is 11.1. The fourth-order valence-corrected chi connectivity index (χ4v) is 4.96. The molecule has 1 unspecified atom stereocenters. The van der Waals surface area contributed by atoms with Crippen LogP contribution in [-0.4, -0.2) is 34.6 Å². The van der Waals surface area contributed by atoms with Crippen LogP contribution in [-0.2, 0) is 5.60 Å². The number of allylic oxidation sites excluding steroid dienone is 6. The second-order valence-corrected chi connectivity index (χ2v) is 9.53. The molecule has 4 nitrogen and oxygen atoms in total. The molecule has 1 fully saturated rings. The summed E-state index contributed by atoms with van der Waals surface area (Å²) < 4.78 is 6.17. The minimum atomic E-state index is -0.763. The molecule has 0 amide bonds. The Bertz CT molecular complexity index is 1140. The van der Waals surface area contributed by atoms with Crippen molar-refractivity contribution < 1.29 is 9.84 Å². The lowest BCUT2D eigenvalue weighted by Gasteiger charge is -2.38. The standard InChI is InChI=1S/C28H29ClN2O2/c1-20-5-2-8-26-25(20)19-21(24-7-3-15-30-27(24)33-26)6-4-16-31-17-13-28(32,14-18-31)22-9-11-23(29)12-10-22/h2-3,5-12,15,19-20,32H,4,13-14,16-18H2,1H3. The van der Waals surface area contributed by atoms with E-state index < -0.39 is 5.60 Å². The number of hydrogen-bond donors (Lipinski definition) is 1. The lowest BCUT2D eigenvalue weighted by atomic mass is 9.84. The molecule has 1 saturated heterocycles. The summed E-state index contributed by atoms with van der Waals surface area (Å²) in [5.41, 5.74) is 3.58. The summed E-state index contributed by atoms with van der Waals surface area (Å²) in [6.07, 6.45) is 15.0. The third-order valence-electron chi connectivity index (χ3n) is 6.90. The van der Waals surface area contributed by atoms with Gasteiger partial charge in [0.05, 0.1) is 5.60 Å². The normalized spacial score (nSPS) is 23.1. The number of pyridine rings is 1. The molecule has 3 aliphatic rings. The zero-order chi connectivity index (χ0) is 22.8. The van der Waals surface area contributed by atoms with Crippen LogP contribution >= 0.6 is 11.6 Å². The molecule has 1 aromatic heterocycles. The molecule has 0 radical (unpaired) electrons. The predicted molar refractivity (Wildman–Crippen MR) is 133 cm³/mol. The van der Waals surface area contributed by atoms with Gasteiger partial charge in [0.1, 0.15) is 5.76 Å². The van der Waals surface area contributed by atoms with E-state index in [1.54, 1.807) is 6.20 Å². The molecular formula is C28H29ClN2O2. The Morgan fingerprint density at radius 2 is 2.00 bits per heavy atom. The first-order chi connectivity index (χ1) is 16.0. The highest BCUT2D eigenvalue weighted by Gasteiger charge is 2.33. The number of aromatic nitrogens is 1. The number of ether oxygens (including phenoxy) is 1. The van der Waals surface area contributed by atoms with Gasteiger partial charge in [-0.05, 0) is 66.8 Å². The van der Waals surface area contributed by atoms with Crippen LogP contribution in [0, 0.1) is 5.92 Å². The average molecular weight is 461 g/mol. The van der Waals surface area contributed by atoms with Crippen molar-refractivity contribution in [3.63, 3.8) is 0 Å². The maximum atomic E-state index is 11.1. The van der Waals surface area contributed by atoms with E-state index in [0.717, 1.165) is 61.4 Å². The van der Waals surface area contributed by atoms with Crippen molar-refractivity contribution in [3.8, 4) is 5.88 Å². The van der Waals surface area contributed by atoms with Crippen molar-refractivity contribution in [2.75, 3.05) is 19.6 Å². The maximum Gasteiger partial charge on any atom is 0.227 e. The summed E-state index contributed by atoms with van der Waals surface area (Å²) in [6, 6.07) is 11.6. The van der Waals surface area contributed by atoms with Crippen molar-refractivity contribution >= 4 is 17.2 Å². The van der Waals surface area contributed by atoms with Crippen LogP contribution in [0.1, 0.15) is 37.3 Å². The number of likely N-dealkylation sites (tertiary alicyclic amines) is 1. The molecule has 1 N–H and O–H groups in total. The van der Waals surface area contributed by atoms with Gasteiger partial charge in [-0.25, -0.2) is 4.98 Å². The van der Waals surface area contributed by atoms with Crippen LogP contribution in [0.4, 0.5) is 0 Å². The van der Waals surface area contributed by atoms with Gasteiger partial charge in [-0.3, -0.25) is 0 Å². The van der Waals surface area contributed by atoms with Gasteiger partial charge in [0.15, 0.2) is 0 Å². The second kappa shape index (κ2) is 9.30. The molecule has 0 bridgehead atoms. The van der Waals surface area contributed by atoms with E-state index in [1.807, 2.05) is 36.4 Å². The van der Waals surface area contributed by atoms with Gasteiger partial charge in [0.25, 0.3) is 0 Å². The van der Waals surface area contributed by atoms with E-state index in [0.29, 0.717) is 16.8 Å². The number of benzene rings is 1. The molecule has 1 aromatic carbocycles. The SMILES string of the molecule is CC1C=CC=C2Oc3ncccc3C(=CCCN3CCC(O)(c4ccc(Cl)cc4)CC3)C=C21. The molecule has 0 saturated carbocycles. The van der Waals surface area contributed by atoms with E-state index in [4.69, 9.17) is 16.3 Å². The second-order valence-electron chi connectivity index (χ2n) is 9.09. The topological polar surface area (TPSA) is 45.6 Å². The first kappa shape index (κ1) is 22.1. The number of nitrogens with zero attached hydrogens (tertiary/aromatic N) is 2. The summed E-state index contributed by atoms with van der Waals surface area (Å²) in [6.45, 7) is 4.89. The Morgan fingerprint density at radius 3 is 2.79 bits per heavy atom. The third-order valence-corrected chi connectivity index (χ3v) is 7.15. The van der Waals surface area contributed by atoms with E-state index in [-0.39, 0.29) is 0 Å². The van der Waals surface area contributed by atoms with E-state index in [9.17, 15) is 5.11 Å².